The largest absolute Gasteiger partial charge is 0.331 e. The first-order valence-electron chi connectivity index (χ1n) is 4.70. The van der Waals surface area contributed by atoms with E-state index in [0.29, 0.717) is 9.24 Å². The summed E-state index contributed by atoms with van der Waals surface area (Å²) in [6.07, 6.45) is 2.04. The van der Waals surface area contributed by atoms with Crippen molar-refractivity contribution >= 4 is 50.9 Å². The fourth-order valence-electron chi connectivity index (χ4n) is 1.56. The highest BCUT2D eigenvalue weighted by atomic mass is 79.9. The Kier molecular flexibility index (Phi) is 3.71. The van der Waals surface area contributed by atoms with E-state index < -0.39 is 0 Å². The molecule has 0 aliphatic carbocycles. The number of hydrogen-bond acceptors (Lipinski definition) is 2. The minimum atomic E-state index is -0.264. The molecule has 0 unspecified atom stereocenters. The van der Waals surface area contributed by atoms with Crippen molar-refractivity contribution in [3.63, 3.8) is 0 Å². The number of aromatic nitrogens is 2. The van der Waals surface area contributed by atoms with Gasteiger partial charge in [0.2, 0.25) is 0 Å². The van der Waals surface area contributed by atoms with Gasteiger partial charge in [0.05, 0.1) is 15.5 Å². The second-order valence-corrected chi connectivity index (χ2v) is 5.58. The quantitative estimate of drug-likeness (QED) is 0.864. The van der Waals surface area contributed by atoms with Crippen molar-refractivity contribution in [3.05, 3.63) is 27.2 Å². The molecule has 1 N–H and O–H groups in total. The average Bonchev–Trinajstić information content (AvgIpc) is 2.52. The highest BCUT2D eigenvalue weighted by Crippen LogP contribution is 2.23. The zero-order valence-corrected chi connectivity index (χ0v) is 11.8. The molecule has 6 heteroatoms. The van der Waals surface area contributed by atoms with Gasteiger partial charge in [-0.05, 0) is 40.5 Å². The molecule has 0 amide bonds. The van der Waals surface area contributed by atoms with Crippen molar-refractivity contribution in [2.24, 2.45) is 0 Å². The van der Waals surface area contributed by atoms with Gasteiger partial charge in [0.25, 0.3) is 0 Å². The van der Waals surface area contributed by atoms with Gasteiger partial charge in [0.1, 0.15) is 5.82 Å². The van der Waals surface area contributed by atoms with Crippen LogP contribution in [0.15, 0.2) is 16.6 Å². The van der Waals surface area contributed by atoms with Gasteiger partial charge < -0.3 is 9.55 Å². The lowest BCUT2D eigenvalue weighted by atomic mass is 10.3. The smallest absolute Gasteiger partial charge is 0.178 e. The van der Waals surface area contributed by atoms with E-state index in [4.69, 9.17) is 12.2 Å². The standard InChI is InChI=1S/C10H10BrFN2S2/c1-16-3-2-14-9-5-7(12)6(11)4-8(9)13-10(14)15/h4-5H,2-3H2,1H3,(H,13,15). The Balaban J connectivity index is 2.60. The molecule has 0 aliphatic rings. The molecule has 0 fully saturated rings. The number of H-pyrrole nitrogens is 1. The van der Waals surface area contributed by atoms with E-state index in [1.165, 1.54) is 6.07 Å². The van der Waals surface area contributed by atoms with Crippen LogP contribution in [0, 0.1) is 10.6 Å². The minimum Gasteiger partial charge on any atom is -0.331 e. The lowest BCUT2D eigenvalue weighted by molar-refractivity contribution is 0.621. The molecule has 0 spiro atoms. The van der Waals surface area contributed by atoms with Crippen LogP contribution in [-0.2, 0) is 6.54 Å². The Morgan fingerprint density at radius 1 is 1.56 bits per heavy atom. The van der Waals surface area contributed by atoms with Crippen molar-refractivity contribution in [2.75, 3.05) is 12.0 Å². The maximum absolute atomic E-state index is 13.4. The third-order valence-electron chi connectivity index (χ3n) is 2.34. The Labute approximate surface area is 110 Å². The summed E-state index contributed by atoms with van der Waals surface area (Å²) in [6, 6.07) is 3.22. The zero-order chi connectivity index (χ0) is 11.7. The predicted octanol–water partition coefficient (Wildman–Crippen LogP) is 3.96. The van der Waals surface area contributed by atoms with Crippen molar-refractivity contribution in [1.82, 2.24) is 9.55 Å². The molecule has 2 nitrogen and oxygen atoms in total. The molecule has 2 aromatic rings. The van der Waals surface area contributed by atoms with Crippen LogP contribution in [-0.4, -0.2) is 21.6 Å². The second-order valence-electron chi connectivity index (χ2n) is 3.36. The number of nitrogens with zero attached hydrogens (tertiary/aromatic N) is 1. The number of benzene rings is 1. The van der Waals surface area contributed by atoms with Crippen LogP contribution in [0.25, 0.3) is 11.0 Å². The van der Waals surface area contributed by atoms with Gasteiger partial charge in [0, 0.05) is 18.4 Å². The topological polar surface area (TPSA) is 20.7 Å². The van der Waals surface area contributed by atoms with Crippen LogP contribution in [0.2, 0.25) is 0 Å². The number of aromatic amines is 1. The van der Waals surface area contributed by atoms with E-state index >= 15 is 0 Å². The molecular formula is C10H10BrFN2S2. The molecule has 2 rings (SSSR count). The molecule has 0 saturated carbocycles. The Morgan fingerprint density at radius 2 is 2.31 bits per heavy atom. The average molecular weight is 321 g/mol. The fourth-order valence-corrected chi connectivity index (χ4v) is 2.56. The molecule has 0 radical (unpaired) electrons. The predicted molar refractivity (Wildman–Crippen MR) is 73.2 cm³/mol. The van der Waals surface area contributed by atoms with Crippen LogP contribution in [0.5, 0.6) is 0 Å². The van der Waals surface area contributed by atoms with Crippen molar-refractivity contribution in [3.8, 4) is 0 Å². The summed E-state index contributed by atoms with van der Waals surface area (Å²) in [7, 11) is 0. The number of nitrogens with one attached hydrogen (secondary N) is 1. The number of hydrogen-bond donors (Lipinski definition) is 1. The van der Waals surface area contributed by atoms with Crippen molar-refractivity contribution in [2.45, 2.75) is 6.54 Å². The van der Waals surface area contributed by atoms with E-state index in [9.17, 15) is 4.39 Å². The first kappa shape index (κ1) is 12.1. The van der Waals surface area contributed by atoms with Crippen LogP contribution >= 0.6 is 39.9 Å². The second kappa shape index (κ2) is 4.89. The Bertz CT molecular complexity index is 576. The van der Waals surface area contributed by atoms with E-state index in [1.807, 2.05) is 10.8 Å². The van der Waals surface area contributed by atoms with Crippen LogP contribution < -0.4 is 0 Å². The maximum Gasteiger partial charge on any atom is 0.178 e. The SMILES string of the molecule is CSCCn1c(=S)[nH]c2cc(Br)c(F)cc21. The van der Waals surface area contributed by atoms with Crippen LogP contribution in [0.1, 0.15) is 0 Å². The Morgan fingerprint density at radius 3 is 3.00 bits per heavy atom. The highest BCUT2D eigenvalue weighted by Gasteiger charge is 2.08. The van der Waals surface area contributed by atoms with Crippen LogP contribution in [0.3, 0.4) is 0 Å². The third-order valence-corrected chi connectivity index (χ3v) is 3.86. The molecule has 0 saturated heterocycles. The van der Waals surface area contributed by atoms with Gasteiger partial charge >= 0.3 is 0 Å². The van der Waals surface area contributed by atoms with Crippen molar-refractivity contribution in [1.29, 1.82) is 0 Å². The van der Waals surface area contributed by atoms with Gasteiger partial charge in [-0.2, -0.15) is 11.8 Å². The minimum absolute atomic E-state index is 0.264. The molecule has 16 heavy (non-hydrogen) atoms. The molecule has 86 valence electrons. The molecule has 1 aromatic heterocycles. The summed E-state index contributed by atoms with van der Waals surface area (Å²) in [5.41, 5.74) is 1.68. The van der Waals surface area contributed by atoms with Gasteiger partial charge in [-0.15, -0.1) is 0 Å². The summed E-state index contributed by atoms with van der Waals surface area (Å²) in [4.78, 5) is 3.08. The number of imidazole rings is 1. The molecule has 0 aliphatic heterocycles. The normalized spacial score (nSPS) is 11.2. The first-order chi connectivity index (χ1) is 7.63. The molecule has 1 heterocycles. The molecule has 0 atom stereocenters. The van der Waals surface area contributed by atoms with Crippen molar-refractivity contribution < 1.29 is 4.39 Å². The van der Waals surface area contributed by atoms with Crippen LogP contribution in [0.4, 0.5) is 4.39 Å². The van der Waals surface area contributed by atoms with Gasteiger partial charge in [-0.1, -0.05) is 0 Å². The Hall–Kier alpha value is -0.330. The van der Waals surface area contributed by atoms with Gasteiger partial charge in [-0.25, -0.2) is 4.39 Å². The number of fused-ring (bicyclic) bond motifs is 1. The summed E-state index contributed by atoms with van der Waals surface area (Å²) in [5, 5.41) is 0. The molecule has 1 aromatic carbocycles. The number of thioether (sulfide) groups is 1. The van der Waals surface area contributed by atoms with E-state index in [2.05, 4.69) is 20.9 Å². The highest BCUT2D eigenvalue weighted by molar-refractivity contribution is 9.10. The fraction of sp³-hybridized carbons (Fsp3) is 0.300. The third kappa shape index (κ3) is 2.19. The maximum atomic E-state index is 13.4. The number of halogens is 2. The van der Waals surface area contributed by atoms with E-state index in [-0.39, 0.29) is 5.82 Å². The lowest BCUT2D eigenvalue weighted by Gasteiger charge is -2.03. The van der Waals surface area contributed by atoms with E-state index in [1.54, 1.807) is 17.8 Å². The molecule has 0 bridgehead atoms. The monoisotopic (exact) mass is 320 g/mol. The first-order valence-corrected chi connectivity index (χ1v) is 7.29. The van der Waals surface area contributed by atoms with E-state index in [0.717, 1.165) is 23.3 Å². The van der Waals surface area contributed by atoms with Gasteiger partial charge in [0.15, 0.2) is 4.77 Å². The molecular weight excluding hydrogens is 311 g/mol. The number of rotatable bonds is 3. The lowest BCUT2D eigenvalue weighted by Crippen LogP contribution is -2.00. The summed E-state index contributed by atoms with van der Waals surface area (Å²) >= 11 is 10.1. The summed E-state index contributed by atoms with van der Waals surface area (Å²) in [6.45, 7) is 0.793. The zero-order valence-electron chi connectivity index (χ0n) is 8.59. The summed E-state index contributed by atoms with van der Waals surface area (Å²) in [5.74, 6) is 0.693. The number of aryl methyl sites for hydroxylation is 1. The summed E-state index contributed by atoms with van der Waals surface area (Å²) < 4.78 is 16.5. The van der Waals surface area contributed by atoms with Gasteiger partial charge in [-0.3, -0.25) is 0 Å².